The fourth-order valence-electron chi connectivity index (χ4n) is 6.30. The SMILES string of the molecule is CN1CCC(N2CCN(S(=O)(=O)CCC[C@H]3CCCN3S(=O)(=O)c3cccc4ccccc34)CC2)CC1. The van der Waals surface area contributed by atoms with Gasteiger partial charge in [-0.2, -0.15) is 8.61 Å². The molecule has 0 aromatic heterocycles. The first-order valence-electron chi connectivity index (χ1n) is 13.7. The summed E-state index contributed by atoms with van der Waals surface area (Å²) in [7, 11) is -4.84. The second-order valence-electron chi connectivity index (χ2n) is 10.8. The second kappa shape index (κ2) is 11.3. The fourth-order valence-corrected chi connectivity index (χ4v) is 9.75. The lowest BCUT2D eigenvalue weighted by molar-refractivity contribution is 0.0892. The van der Waals surface area contributed by atoms with E-state index in [9.17, 15) is 16.8 Å². The predicted octanol–water partition coefficient (Wildman–Crippen LogP) is 2.81. The first kappa shape index (κ1) is 27.0. The topological polar surface area (TPSA) is 81.2 Å². The van der Waals surface area contributed by atoms with Crippen molar-refractivity contribution in [1.82, 2.24) is 18.4 Å². The molecule has 3 saturated heterocycles. The molecule has 3 heterocycles. The van der Waals surface area contributed by atoms with Crippen molar-refractivity contribution in [1.29, 1.82) is 0 Å². The van der Waals surface area contributed by atoms with Crippen LogP contribution in [-0.2, 0) is 20.0 Å². The number of fused-ring (bicyclic) bond motifs is 1. The van der Waals surface area contributed by atoms with Gasteiger partial charge in [0.05, 0.1) is 10.6 Å². The lowest BCUT2D eigenvalue weighted by atomic mass is 10.0. The van der Waals surface area contributed by atoms with Gasteiger partial charge in [-0.1, -0.05) is 36.4 Å². The maximum atomic E-state index is 13.6. The number of hydrogen-bond donors (Lipinski definition) is 0. The van der Waals surface area contributed by atoms with Gasteiger partial charge < -0.3 is 4.90 Å². The Hall–Kier alpha value is -1.56. The van der Waals surface area contributed by atoms with Crippen molar-refractivity contribution in [2.75, 3.05) is 58.6 Å². The normalized spacial score (nSPS) is 24.2. The standard InChI is InChI=1S/C27H40N4O4S2/c1-28-16-13-24(14-17-28)29-18-20-30(21-19-29)36(32,33)22-6-10-25-9-5-15-31(25)37(34,35)27-12-4-8-23-7-2-3-11-26(23)27/h2-4,7-8,11-12,24-25H,5-6,9-10,13-22H2,1H3/t25-/m1/s1. The highest BCUT2D eigenvalue weighted by molar-refractivity contribution is 7.89. The summed E-state index contributed by atoms with van der Waals surface area (Å²) in [6, 6.07) is 13.4. The summed E-state index contributed by atoms with van der Waals surface area (Å²) in [5.74, 6) is 0.0832. The molecule has 204 valence electrons. The van der Waals surface area contributed by atoms with Crippen LogP contribution in [0.25, 0.3) is 10.8 Å². The molecule has 0 spiro atoms. The zero-order valence-electron chi connectivity index (χ0n) is 21.8. The predicted molar refractivity (Wildman–Crippen MR) is 148 cm³/mol. The molecule has 8 nitrogen and oxygen atoms in total. The van der Waals surface area contributed by atoms with E-state index in [1.54, 1.807) is 20.7 Å². The molecule has 0 bridgehead atoms. The van der Waals surface area contributed by atoms with Gasteiger partial charge in [-0.15, -0.1) is 0 Å². The summed E-state index contributed by atoms with van der Waals surface area (Å²) in [6.45, 7) is 5.41. The Kier molecular flexibility index (Phi) is 8.24. The highest BCUT2D eigenvalue weighted by Gasteiger charge is 2.36. The summed E-state index contributed by atoms with van der Waals surface area (Å²) in [5, 5.41) is 1.64. The van der Waals surface area contributed by atoms with Gasteiger partial charge in [0.15, 0.2) is 0 Å². The molecule has 3 aliphatic heterocycles. The third kappa shape index (κ3) is 5.89. The van der Waals surface area contributed by atoms with Crippen molar-refractivity contribution in [3.8, 4) is 0 Å². The molecular formula is C27H40N4O4S2. The Morgan fingerprint density at radius 1 is 0.811 bits per heavy atom. The Morgan fingerprint density at radius 3 is 2.27 bits per heavy atom. The average Bonchev–Trinajstić information content (AvgIpc) is 3.38. The molecule has 0 N–H and O–H groups in total. The highest BCUT2D eigenvalue weighted by atomic mass is 32.2. The summed E-state index contributed by atoms with van der Waals surface area (Å²) >= 11 is 0. The Balaban J connectivity index is 1.16. The first-order chi connectivity index (χ1) is 17.8. The average molecular weight is 549 g/mol. The van der Waals surface area contributed by atoms with Gasteiger partial charge in [-0.3, -0.25) is 4.90 Å². The third-order valence-electron chi connectivity index (χ3n) is 8.47. The maximum Gasteiger partial charge on any atom is 0.243 e. The first-order valence-corrected chi connectivity index (χ1v) is 16.7. The highest BCUT2D eigenvalue weighted by Crippen LogP contribution is 2.32. The largest absolute Gasteiger partial charge is 0.306 e. The van der Waals surface area contributed by atoms with Gasteiger partial charge >= 0.3 is 0 Å². The van der Waals surface area contributed by atoms with Crippen LogP contribution < -0.4 is 0 Å². The van der Waals surface area contributed by atoms with Gasteiger partial charge in [0.2, 0.25) is 20.0 Å². The molecular weight excluding hydrogens is 508 g/mol. The molecule has 3 fully saturated rings. The van der Waals surface area contributed by atoms with Crippen molar-refractivity contribution >= 4 is 30.8 Å². The molecule has 10 heteroatoms. The van der Waals surface area contributed by atoms with Crippen LogP contribution >= 0.6 is 0 Å². The number of piperazine rings is 1. The number of piperidine rings is 1. The minimum absolute atomic E-state index is 0.0832. The molecule has 0 amide bonds. The molecule has 0 saturated carbocycles. The number of sulfonamides is 2. The van der Waals surface area contributed by atoms with E-state index >= 15 is 0 Å². The molecule has 0 aliphatic carbocycles. The Bertz CT molecular complexity index is 1280. The van der Waals surface area contributed by atoms with E-state index in [0.29, 0.717) is 43.4 Å². The smallest absolute Gasteiger partial charge is 0.243 e. The second-order valence-corrected chi connectivity index (χ2v) is 14.8. The minimum Gasteiger partial charge on any atom is -0.306 e. The molecule has 5 rings (SSSR count). The van der Waals surface area contributed by atoms with Crippen LogP contribution in [0, 0.1) is 0 Å². The van der Waals surface area contributed by atoms with Crippen LogP contribution in [-0.4, -0.2) is 106 Å². The van der Waals surface area contributed by atoms with Gasteiger partial charge in [0.25, 0.3) is 0 Å². The van der Waals surface area contributed by atoms with E-state index in [0.717, 1.165) is 62.6 Å². The van der Waals surface area contributed by atoms with E-state index in [1.165, 1.54) is 0 Å². The van der Waals surface area contributed by atoms with Gasteiger partial charge in [0, 0.05) is 50.2 Å². The van der Waals surface area contributed by atoms with E-state index < -0.39 is 20.0 Å². The summed E-state index contributed by atoms with van der Waals surface area (Å²) in [4.78, 5) is 5.16. The van der Waals surface area contributed by atoms with Crippen molar-refractivity contribution in [2.24, 2.45) is 0 Å². The lowest BCUT2D eigenvalue weighted by Gasteiger charge is -2.41. The fraction of sp³-hybridized carbons (Fsp3) is 0.630. The van der Waals surface area contributed by atoms with E-state index in [2.05, 4.69) is 16.8 Å². The van der Waals surface area contributed by atoms with Crippen LogP contribution in [0.15, 0.2) is 47.4 Å². The number of rotatable bonds is 8. The van der Waals surface area contributed by atoms with E-state index in [1.807, 2.05) is 30.3 Å². The van der Waals surface area contributed by atoms with Crippen LogP contribution in [0.3, 0.4) is 0 Å². The van der Waals surface area contributed by atoms with Gasteiger partial charge in [-0.25, -0.2) is 16.8 Å². The number of nitrogens with zero attached hydrogens (tertiary/aromatic N) is 4. The number of hydrogen-bond acceptors (Lipinski definition) is 6. The van der Waals surface area contributed by atoms with Crippen molar-refractivity contribution in [2.45, 2.75) is 55.5 Å². The molecule has 0 radical (unpaired) electrons. The molecule has 2 aromatic carbocycles. The zero-order valence-corrected chi connectivity index (χ0v) is 23.5. The Labute approximate surface area is 222 Å². The number of likely N-dealkylation sites (tertiary alicyclic amines) is 1. The molecule has 2 aromatic rings. The van der Waals surface area contributed by atoms with Crippen LogP contribution in [0.2, 0.25) is 0 Å². The van der Waals surface area contributed by atoms with Crippen LogP contribution in [0.1, 0.15) is 38.5 Å². The molecule has 0 unspecified atom stereocenters. The summed E-state index contributed by atoms with van der Waals surface area (Å²) < 4.78 is 56.7. The Morgan fingerprint density at radius 2 is 1.51 bits per heavy atom. The van der Waals surface area contributed by atoms with E-state index in [-0.39, 0.29) is 11.8 Å². The quantitative estimate of drug-likeness (QED) is 0.505. The molecule has 37 heavy (non-hydrogen) atoms. The maximum absolute atomic E-state index is 13.6. The third-order valence-corrected chi connectivity index (χ3v) is 12.4. The van der Waals surface area contributed by atoms with Crippen LogP contribution in [0.4, 0.5) is 0 Å². The summed E-state index contributed by atoms with van der Waals surface area (Å²) in [5.41, 5.74) is 0. The van der Waals surface area contributed by atoms with E-state index in [4.69, 9.17) is 0 Å². The van der Waals surface area contributed by atoms with Crippen molar-refractivity contribution in [3.05, 3.63) is 42.5 Å². The monoisotopic (exact) mass is 548 g/mol. The van der Waals surface area contributed by atoms with Gasteiger partial charge in [-0.05, 0) is 70.1 Å². The minimum atomic E-state index is -3.66. The van der Waals surface area contributed by atoms with Crippen molar-refractivity contribution in [3.63, 3.8) is 0 Å². The summed E-state index contributed by atoms with van der Waals surface area (Å²) in [6.07, 6.45) is 4.94. The van der Waals surface area contributed by atoms with Crippen molar-refractivity contribution < 1.29 is 16.8 Å². The lowest BCUT2D eigenvalue weighted by Crippen LogP contribution is -2.54. The molecule has 3 aliphatic rings. The zero-order chi connectivity index (χ0) is 26.0. The van der Waals surface area contributed by atoms with Gasteiger partial charge in [0.1, 0.15) is 0 Å². The molecule has 1 atom stereocenters. The number of benzene rings is 2. The van der Waals surface area contributed by atoms with Crippen LogP contribution in [0.5, 0.6) is 0 Å².